The lowest BCUT2D eigenvalue weighted by atomic mass is 10.2. The van der Waals surface area contributed by atoms with Gasteiger partial charge in [-0.15, -0.1) is 0 Å². The van der Waals surface area contributed by atoms with Crippen molar-refractivity contribution in [1.82, 2.24) is 9.97 Å². The number of hydrogen-bond donors (Lipinski definition) is 1. The Morgan fingerprint density at radius 1 is 1.31 bits per heavy atom. The maximum atomic E-state index is 5.13. The third-order valence-corrected chi connectivity index (χ3v) is 2.20. The van der Waals surface area contributed by atoms with E-state index >= 15 is 0 Å². The molecule has 5 nitrogen and oxygen atoms in total. The summed E-state index contributed by atoms with van der Waals surface area (Å²) in [5.74, 6) is 1.26. The first-order valence-electron chi connectivity index (χ1n) is 5.41. The van der Waals surface area contributed by atoms with Crippen molar-refractivity contribution in [2.24, 2.45) is 0 Å². The van der Waals surface area contributed by atoms with Gasteiger partial charge >= 0.3 is 0 Å². The highest BCUT2D eigenvalue weighted by molar-refractivity contribution is 5.28. The van der Waals surface area contributed by atoms with Gasteiger partial charge in [0.15, 0.2) is 5.75 Å². The van der Waals surface area contributed by atoms with Gasteiger partial charge in [-0.25, -0.2) is 9.97 Å². The maximum Gasteiger partial charge on any atom is 0.223 e. The number of nitrogens with one attached hydrogen (secondary N) is 1. The van der Waals surface area contributed by atoms with E-state index in [1.807, 2.05) is 0 Å². The van der Waals surface area contributed by atoms with Gasteiger partial charge in [-0.1, -0.05) is 13.3 Å². The zero-order valence-electron chi connectivity index (χ0n) is 10.1. The quantitative estimate of drug-likeness (QED) is 0.765. The Labute approximate surface area is 96.2 Å². The van der Waals surface area contributed by atoms with E-state index in [0.717, 1.165) is 12.8 Å². The molecule has 0 fully saturated rings. The predicted octanol–water partition coefficient (Wildman–Crippen LogP) is 1.71. The highest BCUT2D eigenvalue weighted by Crippen LogP contribution is 2.09. The summed E-state index contributed by atoms with van der Waals surface area (Å²) in [4.78, 5) is 8.30. The molecule has 1 unspecified atom stereocenters. The predicted molar refractivity (Wildman–Crippen MR) is 62.8 cm³/mol. The van der Waals surface area contributed by atoms with E-state index in [1.165, 1.54) is 0 Å². The van der Waals surface area contributed by atoms with Crippen molar-refractivity contribution in [3.8, 4) is 5.75 Å². The zero-order valence-corrected chi connectivity index (χ0v) is 10.1. The van der Waals surface area contributed by atoms with Crippen LogP contribution in [0.4, 0.5) is 5.95 Å². The Kier molecular flexibility index (Phi) is 5.56. The summed E-state index contributed by atoms with van der Waals surface area (Å²) in [6.07, 6.45) is 5.41. The average Bonchev–Trinajstić information content (AvgIpc) is 2.31. The molecule has 0 saturated carbocycles. The van der Waals surface area contributed by atoms with Crippen LogP contribution in [0.3, 0.4) is 0 Å². The molecule has 0 amide bonds. The van der Waals surface area contributed by atoms with Gasteiger partial charge in [0, 0.05) is 7.11 Å². The van der Waals surface area contributed by atoms with Crippen molar-refractivity contribution < 1.29 is 9.47 Å². The van der Waals surface area contributed by atoms with E-state index in [4.69, 9.17) is 9.47 Å². The van der Waals surface area contributed by atoms with Crippen molar-refractivity contribution in [1.29, 1.82) is 0 Å². The first-order valence-corrected chi connectivity index (χ1v) is 5.41. The SMILES string of the molecule is CCCC(COC)Nc1ncc(OC)cn1. The minimum Gasteiger partial charge on any atom is -0.494 e. The molecule has 0 aliphatic rings. The maximum absolute atomic E-state index is 5.13. The molecule has 0 saturated heterocycles. The van der Waals surface area contributed by atoms with Gasteiger partial charge in [0.2, 0.25) is 5.95 Å². The molecule has 0 aliphatic heterocycles. The number of hydrogen-bond acceptors (Lipinski definition) is 5. The molecule has 1 aromatic heterocycles. The number of rotatable bonds is 7. The third kappa shape index (κ3) is 4.02. The van der Waals surface area contributed by atoms with Crippen LogP contribution >= 0.6 is 0 Å². The Bertz CT molecular complexity index is 284. The standard InChI is InChI=1S/C11H19N3O2/c1-4-5-9(8-15-2)14-11-12-6-10(16-3)7-13-11/h6-7,9H,4-5,8H2,1-3H3,(H,12,13,14). The number of ether oxygens (including phenoxy) is 2. The van der Waals surface area contributed by atoms with Crippen molar-refractivity contribution >= 4 is 5.95 Å². The van der Waals surface area contributed by atoms with Crippen molar-refractivity contribution in [2.45, 2.75) is 25.8 Å². The number of nitrogens with zero attached hydrogens (tertiary/aromatic N) is 2. The van der Waals surface area contributed by atoms with Crippen LogP contribution < -0.4 is 10.1 Å². The van der Waals surface area contributed by atoms with Gasteiger partial charge in [0.25, 0.3) is 0 Å². The highest BCUT2D eigenvalue weighted by Gasteiger charge is 2.08. The molecule has 0 aromatic carbocycles. The molecule has 5 heteroatoms. The van der Waals surface area contributed by atoms with Crippen molar-refractivity contribution in [2.75, 3.05) is 26.1 Å². The largest absolute Gasteiger partial charge is 0.494 e. The Hall–Kier alpha value is -1.36. The Morgan fingerprint density at radius 2 is 2.00 bits per heavy atom. The number of anilines is 1. The van der Waals surface area contributed by atoms with Crippen molar-refractivity contribution in [3.05, 3.63) is 12.4 Å². The van der Waals surface area contributed by atoms with Crippen LogP contribution in [0.1, 0.15) is 19.8 Å². The fourth-order valence-corrected chi connectivity index (χ4v) is 1.43. The van der Waals surface area contributed by atoms with Gasteiger partial charge in [0.1, 0.15) is 0 Å². The van der Waals surface area contributed by atoms with E-state index in [0.29, 0.717) is 18.3 Å². The molecule has 1 atom stereocenters. The topological polar surface area (TPSA) is 56.3 Å². The van der Waals surface area contributed by atoms with Crippen LogP contribution in [0, 0.1) is 0 Å². The van der Waals surface area contributed by atoms with Crippen LogP contribution in [-0.2, 0) is 4.74 Å². The smallest absolute Gasteiger partial charge is 0.223 e. The fourth-order valence-electron chi connectivity index (χ4n) is 1.43. The molecule has 0 spiro atoms. The molecular weight excluding hydrogens is 206 g/mol. The molecule has 16 heavy (non-hydrogen) atoms. The van der Waals surface area contributed by atoms with Gasteiger partial charge < -0.3 is 14.8 Å². The average molecular weight is 225 g/mol. The van der Waals surface area contributed by atoms with Crippen LogP contribution in [0.2, 0.25) is 0 Å². The van der Waals surface area contributed by atoms with Crippen LogP contribution in [0.25, 0.3) is 0 Å². The normalized spacial score (nSPS) is 12.2. The lowest BCUT2D eigenvalue weighted by Crippen LogP contribution is -2.25. The molecule has 0 bridgehead atoms. The lowest BCUT2D eigenvalue weighted by Gasteiger charge is -2.16. The second-order valence-electron chi connectivity index (χ2n) is 3.53. The van der Waals surface area contributed by atoms with Crippen LogP contribution in [0.5, 0.6) is 5.75 Å². The van der Waals surface area contributed by atoms with Crippen LogP contribution in [-0.4, -0.2) is 36.8 Å². The van der Waals surface area contributed by atoms with Gasteiger partial charge in [0.05, 0.1) is 32.2 Å². The summed E-state index contributed by atoms with van der Waals surface area (Å²) in [6, 6.07) is 0.253. The van der Waals surface area contributed by atoms with Gasteiger partial charge in [-0.3, -0.25) is 0 Å². The van der Waals surface area contributed by atoms with Crippen molar-refractivity contribution in [3.63, 3.8) is 0 Å². The minimum absolute atomic E-state index is 0.253. The van der Waals surface area contributed by atoms with Crippen LogP contribution in [0.15, 0.2) is 12.4 Å². The first kappa shape index (κ1) is 12.7. The van der Waals surface area contributed by atoms with E-state index in [1.54, 1.807) is 26.6 Å². The molecule has 0 aliphatic carbocycles. The number of methoxy groups -OCH3 is 2. The summed E-state index contributed by atoms with van der Waals surface area (Å²) in [5.41, 5.74) is 0. The third-order valence-electron chi connectivity index (χ3n) is 2.20. The monoisotopic (exact) mass is 225 g/mol. The zero-order chi connectivity index (χ0) is 11.8. The van der Waals surface area contributed by atoms with Gasteiger partial charge in [-0.05, 0) is 6.42 Å². The van der Waals surface area contributed by atoms with E-state index in [-0.39, 0.29) is 6.04 Å². The summed E-state index contributed by atoms with van der Waals surface area (Å²) >= 11 is 0. The van der Waals surface area contributed by atoms with E-state index in [2.05, 4.69) is 22.2 Å². The molecular formula is C11H19N3O2. The van der Waals surface area contributed by atoms with E-state index in [9.17, 15) is 0 Å². The fraction of sp³-hybridized carbons (Fsp3) is 0.636. The second kappa shape index (κ2) is 7.00. The summed E-state index contributed by atoms with van der Waals surface area (Å²) in [5, 5.41) is 3.23. The lowest BCUT2D eigenvalue weighted by molar-refractivity contribution is 0.182. The minimum atomic E-state index is 0.253. The highest BCUT2D eigenvalue weighted by atomic mass is 16.5. The molecule has 1 aromatic rings. The first-order chi connectivity index (χ1) is 7.80. The molecule has 1 heterocycles. The number of aromatic nitrogens is 2. The van der Waals surface area contributed by atoms with Gasteiger partial charge in [-0.2, -0.15) is 0 Å². The molecule has 0 radical (unpaired) electrons. The molecule has 1 rings (SSSR count). The summed E-state index contributed by atoms with van der Waals surface area (Å²) < 4.78 is 10.1. The second-order valence-corrected chi connectivity index (χ2v) is 3.53. The summed E-state index contributed by atoms with van der Waals surface area (Å²) in [7, 11) is 3.29. The Morgan fingerprint density at radius 3 is 2.50 bits per heavy atom. The molecule has 1 N–H and O–H groups in total. The molecule has 90 valence electrons. The Balaban J connectivity index is 2.54. The summed E-state index contributed by atoms with van der Waals surface area (Å²) in [6.45, 7) is 2.79. The van der Waals surface area contributed by atoms with E-state index < -0.39 is 0 Å².